The van der Waals surface area contributed by atoms with Gasteiger partial charge in [0.25, 0.3) is 0 Å². The molecule has 1 aliphatic carbocycles. The van der Waals surface area contributed by atoms with Gasteiger partial charge in [-0.25, -0.2) is 0 Å². The average Bonchev–Trinajstić information content (AvgIpc) is 2.77. The minimum Gasteiger partial charge on any atom is -0.316 e. The van der Waals surface area contributed by atoms with Crippen molar-refractivity contribution in [3.63, 3.8) is 0 Å². The van der Waals surface area contributed by atoms with E-state index in [1.807, 2.05) is 6.92 Å². The Hall–Kier alpha value is -1.10. The average molecular weight is 236 g/mol. The molecule has 5 heteroatoms. The molecule has 1 saturated heterocycles. The molecule has 0 amide bonds. The van der Waals surface area contributed by atoms with E-state index < -0.39 is 0 Å². The minimum absolute atomic E-state index is 0.218. The molecule has 2 fully saturated rings. The summed E-state index contributed by atoms with van der Waals surface area (Å²) in [6.45, 7) is 4.90. The molecular weight excluding hydrogens is 216 g/mol. The van der Waals surface area contributed by atoms with E-state index in [2.05, 4.69) is 20.4 Å². The van der Waals surface area contributed by atoms with Crippen molar-refractivity contribution in [3.05, 3.63) is 5.82 Å². The number of hydrogen-bond donors (Lipinski definition) is 1. The van der Waals surface area contributed by atoms with Crippen LogP contribution < -0.4 is 10.2 Å². The summed E-state index contributed by atoms with van der Waals surface area (Å²) < 4.78 is 5.37. The van der Waals surface area contributed by atoms with Crippen molar-refractivity contribution in [2.24, 2.45) is 0 Å². The first-order valence-electron chi connectivity index (χ1n) is 6.59. The third kappa shape index (κ3) is 1.92. The first-order chi connectivity index (χ1) is 8.30. The van der Waals surface area contributed by atoms with E-state index in [4.69, 9.17) is 4.52 Å². The number of piperazine rings is 1. The van der Waals surface area contributed by atoms with Crippen LogP contribution in [0.2, 0.25) is 0 Å². The Morgan fingerprint density at radius 1 is 1.29 bits per heavy atom. The van der Waals surface area contributed by atoms with Gasteiger partial charge in [0.15, 0.2) is 5.82 Å². The van der Waals surface area contributed by atoms with Crippen LogP contribution in [0.4, 0.5) is 6.01 Å². The molecule has 0 bridgehead atoms. The third-order valence-electron chi connectivity index (χ3n) is 4.07. The van der Waals surface area contributed by atoms with E-state index in [0.717, 1.165) is 25.5 Å². The summed E-state index contributed by atoms with van der Waals surface area (Å²) in [5, 5.41) is 7.44. The van der Waals surface area contributed by atoms with E-state index in [1.165, 1.54) is 32.1 Å². The van der Waals surface area contributed by atoms with Gasteiger partial charge in [-0.2, -0.15) is 4.98 Å². The van der Waals surface area contributed by atoms with Crippen molar-refractivity contribution in [3.8, 4) is 0 Å². The van der Waals surface area contributed by atoms with Gasteiger partial charge < -0.3 is 14.7 Å². The molecule has 0 aromatic carbocycles. The van der Waals surface area contributed by atoms with Crippen LogP contribution in [-0.4, -0.2) is 35.3 Å². The van der Waals surface area contributed by atoms with Gasteiger partial charge in [0.1, 0.15) is 0 Å². The number of hydrogen-bond acceptors (Lipinski definition) is 5. The van der Waals surface area contributed by atoms with Crippen molar-refractivity contribution in [1.29, 1.82) is 0 Å². The lowest BCUT2D eigenvalue weighted by Crippen LogP contribution is -2.62. The number of aromatic nitrogens is 2. The Bertz CT molecular complexity index is 375. The molecule has 2 aliphatic rings. The molecule has 0 radical (unpaired) electrons. The summed E-state index contributed by atoms with van der Waals surface area (Å²) in [4.78, 5) is 6.75. The van der Waals surface area contributed by atoms with E-state index in [9.17, 15) is 0 Å². The highest BCUT2D eigenvalue weighted by Crippen LogP contribution is 2.36. The fraction of sp³-hybridized carbons (Fsp3) is 0.833. The largest absolute Gasteiger partial charge is 0.324 e. The number of rotatable bonds is 1. The molecule has 5 nitrogen and oxygen atoms in total. The summed E-state index contributed by atoms with van der Waals surface area (Å²) in [6.07, 6.45) is 6.46. The van der Waals surface area contributed by atoms with Crippen LogP contribution in [0.15, 0.2) is 4.52 Å². The van der Waals surface area contributed by atoms with Gasteiger partial charge >= 0.3 is 6.01 Å². The molecule has 3 rings (SSSR count). The zero-order valence-corrected chi connectivity index (χ0v) is 10.4. The Kier molecular flexibility index (Phi) is 2.78. The second kappa shape index (κ2) is 4.29. The van der Waals surface area contributed by atoms with Gasteiger partial charge in [-0.15, -0.1) is 0 Å². The number of anilines is 1. The predicted molar refractivity (Wildman–Crippen MR) is 65.1 cm³/mol. The third-order valence-corrected chi connectivity index (χ3v) is 4.07. The molecule has 2 heterocycles. The maximum absolute atomic E-state index is 5.37. The van der Waals surface area contributed by atoms with Gasteiger partial charge in [0, 0.05) is 19.6 Å². The molecular formula is C12H20N4O. The highest BCUT2D eigenvalue weighted by molar-refractivity contribution is 5.34. The van der Waals surface area contributed by atoms with Gasteiger partial charge in [-0.1, -0.05) is 24.4 Å². The normalized spacial score (nSPS) is 24.2. The highest BCUT2D eigenvalue weighted by atomic mass is 16.5. The monoisotopic (exact) mass is 236 g/mol. The molecule has 1 aromatic rings. The summed E-state index contributed by atoms with van der Waals surface area (Å²) in [5.74, 6) is 0.726. The van der Waals surface area contributed by atoms with Crippen LogP contribution in [0, 0.1) is 6.92 Å². The molecule has 0 unspecified atom stereocenters. The van der Waals surface area contributed by atoms with Gasteiger partial charge in [0.2, 0.25) is 0 Å². The number of aryl methyl sites for hydroxylation is 1. The number of nitrogens with one attached hydrogen (secondary N) is 1. The van der Waals surface area contributed by atoms with Crippen molar-refractivity contribution >= 4 is 6.01 Å². The van der Waals surface area contributed by atoms with E-state index in [0.29, 0.717) is 6.01 Å². The number of nitrogens with zero attached hydrogens (tertiary/aromatic N) is 3. The van der Waals surface area contributed by atoms with Gasteiger partial charge in [-0.3, -0.25) is 0 Å². The Labute approximate surface area is 102 Å². The van der Waals surface area contributed by atoms with Crippen LogP contribution in [0.3, 0.4) is 0 Å². The zero-order chi connectivity index (χ0) is 11.7. The summed E-state index contributed by atoms with van der Waals surface area (Å²) in [6, 6.07) is 0.714. The standard InChI is InChI=1S/C12H20N4O/c1-10-14-11(17-15-10)16-8-7-13-9-12(16)5-3-2-4-6-12/h13H,2-9H2,1H3. The minimum atomic E-state index is 0.218. The lowest BCUT2D eigenvalue weighted by molar-refractivity contribution is 0.224. The molecule has 17 heavy (non-hydrogen) atoms. The fourth-order valence-corrected chi connectivity index (χ4v) is 3.20. The lowest BCUT2D eigenvalue weighted by Gasteiger charge is -2.48. The molecule has 94 valence electrons. The molecule has 0 atom stereocenters. The molecule has 1 aromatic heterocycles. The second-order valence-corrected chi connectivity index (χ2v) is 5.24. The van der Waals surface area contributed by atoms with Crippen molar-refractivity contribution in [1.82, 2.24) is 15.5 Å². The second-order valence-electron chi connectivity index (χ2n) is 5.24. The van der Waals surface area contributed by atoms with Crippen LogP contribution in [0.1, 0.15) is 37.9 Å². The van der Waals surface area contributed by atoms with Crippen molar-refractivity contribution in [2.75, 3.05) is 24.5 Å². The van der Waals surface area contributed by atoms with Crippen molar-refractivity contribution in [2.45, 2.75) is 44.6 Å². The lowest BCUT2D eigenvalue weighted by atomic mass is 9.79. The summed E-state index contributed by atoms with van der Waals surface area (Å²) in [5.41, 5.74) is 0.218. The summed E-state index contributed by atoms with van der Waals surface area (Å²) >= 11 is 0. The van der Waals surface area contributed by atoms with Crippen LogP contribution >= 0.6 is 0 Å². The highest BCUT2D eigenvalue weighted by Gasteiger charge is 2.41. The van der Waals surface area contributed by atoms with E-state index in [1.54, 1.807) is 0 Å². The smallest absolute Gasteiger partial charge is 0.316 e. The zero-order valence-electron chi connectivity index (χ0n) is 10.4. The van der Waals surface area contributed by atoms with E-state index in [-0.39, 0.29) is 5.54 Å². The Morgan fingerprint density at radius 2 is 2.12 bits per heavy atom. The predicted octanol–water partition coefficient (Wildman–Crippen LogP) is 1.49. The molecule has 1 spiro atoms. The molecule has 1 aliphatic heterocycles. The first-order valence-corrected chi connectivity index (χ1v) is 6.59. The van der Waals surface area contributed by atoms with Crippen molar-refractivity contribution < 1.29 is 4.52 Å². The van der Waals surface area contributed by atoms with E-state index >= 15 is 0 Å². The Morgan fingerprint density at radius 3 is 2.82 bits per heavy atom. The summed E-state index contributed by atoms with van der Waals surface area (Å²) in [7, 11) is 0. The van der Waals surface area contributed by atoms with Crippen LogP contribution in [0.5, 0.6) is 0 Å². The van der Waals surface area contributed by atoms with Gasteiger partial charge in [-0.05, 0) is 19.8 Å². The Balaban J connectivity index is 1.89. The molecule has 1 N–H and O–H groups in total. The first kappa shape index (κ1) is 11.0. The van der Waals surface area contributed by atoms with Gasteiger partial charge in [0.05, 0.1) is 5.54 Å². The maximum atomic E-state index is 5.37. The van der Waals surface area contributed by atoms with Crippen LogP contribution in [0.25, 0.3) is 0 Å². The van der Waals surface area contributed by atoms with Crippen LogP contribution in [-0.2, 0) is 0 Å². The SMILES string of the molecule is Cc1noc(N2CCNCC23CCCCC3)n1. The topological polar surface area (TPSA) is 54.2 Å². The maximum Gasteiger partial charge on any atom is 0.324 e. The quantitative estimate of drug-likeness (QED) is 0.800. The fourth-order valence-electron chi connectivity index (χ4n) is 3.20. The molecule has 1 saturated carbocycles.